The third-order valence-corrected chi connectivity index (χ3v) is 6.55. The second-order valence-corrected chi connectivity index (χ2v) is 10.5. The number of aryl methyl sites for hydroxylation is 1. The van der Waals surface area contributed by atoms with Crippen LogP contribution in [0.2, 0.25) is 0 Å². The molecule has 3 aromatic heterocycles. The van der Waals surface area contributed by atoms with Gasteiger partial charge in [0.1, 0.15) is 17.2 Å². The number of pyridine rings is 2. The lowest BCUT2D eigenvalue weighted by molar-refractivity contribution is 0.00683. The fraction of sp³-hybridized carbons (Fsp3) is 0.520. The first-order valence-corrected chi connectivity index (χ1v) is 12.2. The minimum Gasteiger partial charge on any atom is -0.444 e. The summed E-state index contributed by atoms with van der Waals surface area (Å²) >= 11 is 0. The van der Waals surface area contributed by atoms with Crippen LogP contribution in [0.5, 0.6) is 0 Å². The molecule has 2 saturated heterocycles. The number of carbonyl (C=O) groups is 1. The molecule has 0 aliphatic carbocycles. The van der Waals surface area contributed by atoms with Crippen molar-refractivity contribution in [2.45, 2.75) is 83.7 Å². The van der Waals surface area contributed by atoms with E-state index in [0.717, 1.165) is 48.1 Å². The number of nitrogens with one attached hydrogen (secondary N) is 3. The Morgan fingerprint density at radius 2 is 1.91 bits per heavy atom. The number of amides is 1. The molecule has 0 radical (unpaired) electrons. The van der Waals surface area contributed by atoms with Gasteiger partial charge in [0.2, 0.25) is 0 Å². The van der Waals surface area contributed by atoms with E-state index in [9.17, 15) is 9.90 Å². The van der Waals surface area contributed by atoms with E-state index < -0.39 is 5.60 Å². The van der Waals surface area contributed by atoms with Crippen LogP contribution in [0.15, 0.2) is 24.3 Å². The molecule has 35 heavy (non-hydrogen) atoms. The van der Waals surface area contributed by atoms with Crippen LogP contribution >= 0.6 is 0 Å². The summed E-state index contributed by atoms with van der Waals surface area (Å²) in [6.07, 6.45) is 3.41. The topological polar surface area (TPSA) is 128 Å². The Morgan fingerprint density at radius 3 is 2.54 bits per heavy atom. The number of carbonyl (C=O) groups excluding carboxylic acids is 1. The second-order valence-electron chi connectivity index (χ2n) is 10.5. The number of aromatic amines is 1. The molecule has 0 aromatic carbocycles. The quantitative estimate of drug-likeness (QED) is 0.428. The number of ether oxygens (including phenoxy) is 1. The summed E-state index contributed by atoms with van der Waals surface area (Å²) < 4.78 is 5.67. The summed E-state index contributed by atoms with van der Waals surface area (Å²) in [5.74, 6) is 2.01. The molecule has 186 valence electrons. The molecular weight excluding hydrogens is 446 g/mol. The van der Waals surface area contributed by atoms with Crippen molar-refractivity contribution >= 4 is 34.4 Å². The minimum absolute atomic E-state index is 0.130. The highest BCUT2D eigenvalue weighted by Gasteiger charge is 2.45. The smallest absolute Gasteiger partial charge is 0.410 e. The number of nitrogens with zero attached hydrogens (tertiary/aromatic N) is 4. The van der Waals surface area contributed by atoms with Gasteiger partial charge in [-0.15, -0.1) is 0 Å². The maximum atomic E-state index is 12.8. The van der Waals surface area contributed by atoms with Gasteiger partial charge in [0.15, 0.2) is 5.82 Å². The molecule has 5 heterocycles. The first-order chi connectivity index (χ1) is 16.7. The third-order valence-electron chi connectivity index (χ3n) is 6.55. The zero-order valence-corrected chi connectivity index (χ0v) is 20.6. The van der Waals surface area contributed by atoms with Gasteiger partial charge in [-0.2, -0.15) is 5.10 Å². The monoisotopic (exact) mass is 479 g/mol. The highest BCUT2D eigenvalue weighted by Crippen LogP contribution is 2.38. The van der Waals surface area contributed by atoms with Crippen molar-refractivity contribution in [2.24, 2.45) is 0 Å². The van der Waals surface area contributed by atoms with E-state index in [1.165, 1.54) is 0 Å². The number of aliphatic hydroxyl groups excluding tert-OH is 1. The number of anilines is 3. The van der Waals surface area contributed by atoms with Gasteiger partial charge >= 0.3 is 6.09 Å². The number of piperidine rings is 1. The normalized spacial score (nSPS) is 21.9. The lowest BCUT2D eigenvalue weighted by Gasteiger charge is -2.39. The highest BCUT2D eigenvalue weighted by atomic mass is 16.6. The van der Waals surface area contributed by atoms with Crippen molar-refractivity contribution in [3.63, 3.8) is 0 Å². The van der Waals surface area contributed by atoms with Crippen molar-refractivity contribution in [2.75, 3.05) is 10.6 Å². The molecule has 2 fully saturated rings. The van der Waals surface area contributed by atoms with E-state index in [1.54, 1.807) is 0 Å². The molecule has 2 bridgehead atoms. The molecule has 0 spiro atoms. The Hall–Kier alpha value is -3.40. The molecule has 3 atom stereocenters. The van der Waals surface area contributed by atoms with E-state index in [2.05, 4.69) is 25.8 Å². The van der Waals surface area contributed by atoms with Gasteiger partial charge in [-0.25, -0.2) is 9.78 Å². The SMILES string of the molecule is Cc1cc(Nc2cc3nc(CO)ccc3c(NC3CC4CC[C@@H](C3)N4C(=O)OC(C)(C)C)n2)n[nH]1. The Labute approximate surface area is 204 Å². The van der Waals surface area contributed by atoms with E-state index in [-0.39, 0.29) is 30.8 Å². The number of aliphatic hydroxyl groups is 1. The number of hydrogen-bond donors (Lipinski definition) is 4. The van der Waals surface area contributed by atoms with Crippen LogP contribution < -0.4 is 10.6 Å². The van der Waals surface area contributed by atoms with Gasteiger partial charge in [-0.05, 0) is 65.5 Å². The summed E-state index contributed by atoms with van der Waals surface area (Å²) in [7, 11) is 0. The maximum Gasteiger partial charge on any atom is 0.410 e. The van der Waals surface area contributed by atoms with Gasteiger partial charge < -0.3 is 25.4 Å². The molecule has 5 rings (SSSR count). The van der Waals surface area contributed by atoms with E-state index in [0.29, 0.717) is 17.3 Å². The van der Waals surface area contributed by atoms with E-state index >= 15 is 0 Å². The van der Waals surface area contributed by atoms with Gasteiger partial charge in [0.25, 0.3) is 0 Å². The van der Waals surface area contributed by atoms with Gasteiger partial charge in [-0.1, -0.05) is 0 Å². The Bertz CT molecular complexity index is 1220. The average Bonchev–Trinajstić information content (AvgIpc) is 3.31. The highest BCUT2D eigenvalue weighted by molar-refractivity contribution is 5.91. The summed E-state index contributed by atoms with van der Waals surface area (Å²) in [6, 6.07) is 7.99. The molecule has 1 amide bonds. The van der Waals surface area contributed by atoms with Crippen LogP contribution in [0.1, 0.15) is 57.8 Å². The van der Waals surface area contributed by atoms with Crippen LogP contribution in [0.25, 0.3) is 10.9 Å². The number of H-pyrrole nitrogens is 1. The van der Waals surface area contributed by atoms with Crippen LogP contribution in [-0.2, 0) is 11.3 Å². The lowest BCUT2D eigenvalue weighted by Crippen LogP contribution is -2.51. The number of hydrogen-bond acceptors (Lipinski definition) is 8. The van der Waals surface area contributed by atoms with Crippen molar-refractivity contribution in [3.8, 4) is 0 Å². The van der Waals surface area contributed by atoms with Gasteiger partial charge in [-0.3, -0.25) is 10.1 Å². The number of rotatable bonds is 5. The zero-order valence-electron chi connectivity index (χ0n) is 20.6. The van der Waals surface area contributed by atoms with Crippen LogP contribution in [-0.4, -0.2) is 60.0 Å². The van der Waals surface area contributed by atoms with Crippen LogP contribution in [0.3, 0.4) is 0 Å². The third kappa shape index (κ3) is 5.02. The molecule has 2 unspecified atom stereocenters. The minimum atomic E-state index is -0.505. The van der Waals surface area contributed by atoms with Crippen LogP contribution in [0, 0.1) is 6.92 Å². The fourth-order valence-electron chi connectivity index (χ4n) is 5.15. The van der Waals surface area contributed by atoms with Crippen molar-refractivity contribution in [3.05, 3.63) is 35.7 Å². The number of aromatic nitrogens is 4. The number of fused-ring (bicyclic) bond motifs is 3. The van der Waals surface area contributed by atoms with Crippen molar-refractivity contribution < 1.29 is 14.6 Å². The molecule has 4 N–H and O–H groups in total. The van der Waals surface area contributed by atoms with Crippen molar-refractivity contribution in [1.82, 2.24) is 25.1 Å². The predicted octanol–water partition coefficient (Wildman–Crippen LogP) is 4.24. The molecule has 0 saturated carbocycles. The van der Waals surface area contributed by atoms with Gasteiger partial charge in [0.05, 0.1) is 17.8 Å². The van der Waals surface area contributed by atoms with E-state index in [4.69, 9.17) is 9.72 Å². The van der Waals surface area contributed by atoms with Gasteiger partial charge in [0, 0.05) is 41.3 Å². The average molecular weight is 480 g/mol. The summed E-state index contributed by atoms with van der Waals surface area (Å²) in [5.41, 5.74) is 1.77. The maximum absolute atomic E-state index is 12.8. The molecule has 2 aliphatic rings. The second kappa shape index (κ2) is 8.99. The summed E-state index contributed by atoms with van der Waals surface area (Å²) in [4.78, 5) is 24.2. The summed E-state index contributed by atoms with van der Waals surface area (Å²) in [6.45, 7) is 7.51. The largest absolute Gasteiger partial charge is 0.444 e. The Balaban J connectivity index is 1.39. The fourth-order valence-corrected chi connectivity index (χ4v) is 5.15. The standard InChI is InChI=1S/C25H33N7O3/c1-14-9-22(31-30-14)28-21-12-20-19(8-5-15(13-33)26-20)23(29-21)27-16-10-17-6-7-18(11-16)32(17)24(34)35-25(2,3)4/h5,8-9,12,16-18,33H,6-7,10-11,13H2,1-4H3,(H3,27,28,29,30,31)/t16?,17-,18?/m0/s1. The molecule has 2 aliphatic heterocycles. The Kier molecular flexibility index (Phi) is 6.00. The first kappa shape index (κ1) is 23.3. The molecule has 10 heteroatoms. The summed E-state index contributed by atoms with van der Waals surface area (Å²) in [5, 5.41) is 24.5. The molecular formula is C25H33N7O3. The Morgan fingerprint density at radius 1 is 1.17 bits per heavy atom. The molecule has 3 aromatic rings. The van der Waals surface area contributed by atoms with E-state index in [1.807, 2.05) is 56.9 Å². The predicted molar refractivity (Wildman–Crippen MR) is 134 cm³/mol. The lowest BCUT2D eigenvalue weighted by atomic mass is 9.97. The zero-order chi connectivity index (χ0) is 24.7. The van der Waals surface area contributed by atoms with Crippen LogP contribution in [0.4, 0.5) is 22.2 Å². The first-order valence-electron chi connectivity index (χ1n) is 12.2. The van der Waals surface area contributed by atoms with Crippen molar-refractivity contribution in [1.29, 1.82) is 0 Å². The molecule has 10 nitrogen and oxygen atoms in total.